The van der Waals surface area contributed by atoms with Gasteiger partial charge in [-0.1, -0.05) is 31.0 Å². The highest BCUT2D eigenvalue weighted by atomic mass is 32.1. The van der Waals surface area contributed by atoms with Crippen LogP contribution in [0.3, 0.4) is 0 Å². The van der Waals surface area contributed by atoms with Gasteiger partial charge >= 0.3 is 5.97 Å². The fraction of sp³-hybridized carbons (Fsp3) is 0.370. The van der Waals surface area contributed by atoms with E-state index in [9.17, 15) is 19.5 Å². The number of nitrogens with one attached hydrogen (secondary N) is 1. The molecule has 2 atom stereocenters. The van der Waals surface area contributed by atoms with Crippen molar-refractivity contribution in [3.63, 3.8) is 0 Å². The fourth-order valence-corrected chi connectivity index (χ4v) is 5.56. The van der Waals surface area contributed by atoms with E-state index in [2.05, 4.69) is 31.3 Å². The first kappa shape index (κ1) is 24.0. The van der Waals surface area contributed by atoms with Crippen LogP contribution in [0.5, 0.6) is 0 Å². The molecule has 0 unspecified atom stereocenters. The Bertz CT molecular complexity index is 1250. The van der Waals surface area contributed by atoms with Crippen molar-refractivity contribution >= 4 is 23.2 Å². The number of aromatic nitrogens is 1. The Hall–Kier alpha value is -3.19. The lowest BCUT2D eigenvalue weighted by Crippen LogP contribution is -2.39. The standard InChI is InChI=1S/C27H30N2O4S/c1-16-9-10-29(24(30)11-16)22(12-19-7-8-19)27(33)28-21(14-25(31)32)20-13-23(34-15-20)26-17(2)5-4-6-18(26)3/h4-6,9-11,13,15,19,21-22H,7-8,12,14H2,1-3H3,(H,28,33)(H,31,32)/t21-,22+/m1/s1. The minimum Gasteiger partial charge on any atom is -0.481 e. The van der Waals surface area contributed by atoms with E-state index in [1.165, 1.54) is 10.6 Å². The quantitative estimate of drug-likeness (QED) is 0.444. The molecule has 3 aromatic rings. The Morgan fingerprint density at radius 2 is 1.85 bits per heavy atom. The summed E-state index contributed by atoms with van der Waals surface area (Å²) in [4.78, 5) is 38.8. The predicted octanol–water partition coefficient (Wildman–Crippen LogP) is 5.18. The molecular formula is C27H30N2O4S. The molecule has 0 saturated heterocycles. The molecule has 1 fully saturated rings. The second-order valence-electron chi connectivity index (χ2n) is 9.31. The van der Waals surface area contributed by atoms with Crippen LogP contribution >= 0.6 is 11.3 Å². The van der Waals surface area contributed by atoms with Gasteiger partial charge in [-0.05, 0) is 78.4 Å². The summed E-state index contributed by atoms with van der Waals surface area (Å²) >= 11 is 1.54. The number of nitrogens with zero attached hydrogens (tertiary/aromatic N) is 1. The molecule has 1 aliphatic carbocycles. The number of aliphatic carboxylic acids is 1. The number of carboxylic acids is 1. The lowest BCUT2D eigenvalue weighted by molar-refractivity contribution is -0.138. The van der Waals surface area contributed by atoms with Crippen molar-refractivity contribution in [3.8, 4) is 10.4 Å². The largest absolute Gasteiger partial charge is 0.481 e. The second-order valence-corrected chi connectivity index (χ2v) is 10.2. The van der Waals surface area contributed by atoms with Crippen LogP contribution in [-0.2, 0) is 9.59 Å². The summed E-state index contributed by atoms with van der Waals surface area (Å²) in [5.74, 6) is -0.890. The summed E-state index contributed by atoms with van der Waals surface area (Å²) < 4.78 is 1.48. The van der Waals surface area contributed by atoms with Crippen LogP contribution in [0.25, 0.3) is 10.4 Å². The van der Waals surface area contributed by atoms with E-state index in [4.69, 9.17) is 0 Å². The minimum atomic E-state index is -0.989. The van der Waals surface area contributed by atoms with Gasteiger partial charge in [-0.3, -0.25) is 14.4 Å². The van der Waals surface area contributed by atoms with Gasteiger partial charge in [0, 0.05) is 17.1 Å². The van der Waals surface area contributed by atoms with Gasteiger partial charge in [0.15, 0.2) is 0 Å². The number of thiophene rings is 1. The number of carbonyl (C=O) groups is 2. The molecule has 1 amide bonds. The number of pyridine rings is 1. The van der Waals surface area contributed by atoms with Crippen LogP contribution in [0.1, 0.15) is 60.0 Å². The topological polar surface area (TPSA) is 88.4 Å². The molecule has 7 heteroatoms. The molecule has 34 heavy (non-hydrogen) atoms. The van der Waals surface area contributed by atoms with Crippen LogP contribution in [0, 0.1) is 26.7 Å². The number of aryl methyl sites for hydroxylation is 3. The van der Waals surface area contributed by atoms with E-state index in [0.717, 1.165) is 45.5 Å². The molecule has 0 bridgehead atoms. The molecule has 2 heterocycles. The minimum absolute atomic E-state index is 0.219. The number of carbonyl (C=O) groups excluding carboxylic acids is 1. The van der Waals surface area contributed by atoms with Crippen LogP contribution in [0.2, 0.25) is 0 Å². The van der Waals surface area contributed by atoms with Gasteiger partial charge in [-0.2, -0.15) is 0 Å². The number of benzene rings is 1. The van der Waals surface area contributed by atoms with Crippen molar-refractivity contribution in [2.75, 3.05) is 0 Å². The van der Waals surface area contributed by atoms with E-state index in [1.807, 2.05) is 30.5 Å². The van der Waals surface area contributed by atoms with E-state index in [0.29, 0.717) is 12.3 Å². The zero-order chi connectivity index (χ0) is 24.4. The zero-order valence-electron chi connectivity index (χ0n) is 19.7. The number of hydrogen-bond acceptors (Lipinski definition) is 4. The van der Waals surface area contributed by atoms with Gasteiger partial charge in [0.25, 0.3) is 5.56 Å². The smallest absolute Gasteiger partial charge is 0.305 e. The van der Waals surface area contributed by atoms with Crippen molar-refractivity contribution in [2.45, 2.75) is 58.5 Å². The van der Waals surface area contributed by atoms with Gasteiger partial charge in [0.1, 0.15) is 6.04 Å². The summed E-state index contributed by atoms with van der Waals surface area (Å²) in [6.07, 6.45) is 4.11. The third-order valence-electron chi connectivity index (χ3n) is 6.44. The maximum Gasteiger partial charge on any atom is 0.305 e. The SMILES string of the molecule is Cc1ccn([C@@H](CC2CC2)C(=O)N[C@H](CC(=O)O)c2csc(-c3c(C)cccc3C)c2)c(=O)c1. The Kier molecular flexibility index (Phi) is 7.03. The summed E-state index contributed by atoms with van der Waals surface area (Å²) in [5, 5.41) is 14.4. The van der Waals surface area contributed by atoms with Crippen molar-refractivity contribution in [3.05, 3.63) is 80.6 Å². The maximum absolute atomic E-state index is 13.4. The lowest BCUT2D eigenvalue weighted by Gasteiger charge is -2.23. The number of amides is 1. The molecular weight excluding hydrogens is 448 g/mol. The Labute approximate surface area is 203 Å². The summed E-state index contributed by atoms with van der Waals surface area (Å²) in [5.41, 5.74) is 4.82. The zero-order valence-corrected chi connectivity index (χ0v) is 20.5. The third kappa shape index (κ3) is 5.47. The van der Waals surface area contributed by atoms with Crippen LogP contribution in [0.15, 0.2) is 52.8 Å². The summed E-state index contributed by atoms with van der Waals surface area (Å²) in [7, 11) is 0. The summed E-state index contributed by atoms with van der Waals surface area (Å²) in [6.45, 7) is 5.95. The van der Waals surface area contributed by atoms with Crippen molar-refractivity contribution in [1.29, 1.82) is 0 Å². The molecule has 2 aromatic heterocycles. The monoisotopic (exact) mass is 478 g/mol. The molecule has 4 rings (SSSR count). The highest BCUT2D eigenvalue weighted by Gasteiger charge is 2.32. The first-order valence-corrected chi connectivity index (χ1v) is 12.5. The maximum atomic E-state index is 13.4. The van der Waals surface area contributed by atoms with Gasteiger partial charge in [-0.15, -0.1) is 11.3 Å². The number of rotatable bonds is 9. The van der Waals surface area contributed by atoms with Crippen molar-refractivity contribution < 1.29 is 14.7 Å². The number of hydrogen-bond donors (Lipinski definition) is 2. The van der Waals surface area contributed by atoms with E-state index in [1.54, 1.807) is 17.5 Å². The van der Waals surface area contributed by atoms with Gasteiger partial charge in [0.2, 0.25) is 5.91 Å². The van der Waals surface area contributed by atoms with E-state index in [-0.39, 0.29) is 17.9 Å². The van der Waals surface area contributed by atoms with Crippen LogP contribution in [-0.4, -0.2) is 21.6 Å². The highest BCUT2D eigenvalue weighted by molar-refractivity contribution is 7.13. The summed E-state index contributed by atoms with van der Waals surface area (Å²) in [6, 6.07) is 10.1. The number of carboxylic acid groups (broad SMARTS) is 1. The first-order chi connectivity index (χ1) is 16.2. The molecule has 1 aromatic carbocycles. The third-order valence-corrected chi connectivity index (χ3v) is 7.41. The molecule has 0 radical (unpaired) electrons. The Morgan fingerprint density at radius 3 is 2.47 bits per heavy atom. The molecule has 0 spiro atoms. The van der Waals surface area contributed by atoms with Crippen LogP contribution < -0.4 is 10.9 Å². The molecule has 6 nitrogen and oxygen atoms in total. The van der Waals surface area contributed by atoms with E-state index >= 15 is 0 Å². The fourth-order valence-electron chi connectivity index (χ4n) is 4.43. The van der Waals surface area contributed by atoms with Gasteiger partial charge in [-0.25, -0.2) is 0 Å². The average molecular weight is 479 g/mol. The Balaban J connectivity index is 1.62. The average Bonchev–Trinajstić information content (AvgIpc) is 3.46. The molecule has 2 N–H and O–H groups in total. The lowest BCUT2D eigenvalue weighted by atomic mass is 9.99. The Morgan fingerprint density at radius 1 is 1.15 bits per heavy atom. The van der Waals surface area contributed by atoms with E-state index < -0.39 is 18.1 Å². The second kappa shape index (κ2) is 9.97. The molecule has 1 saturated carbocycles. The van der Waals surface area contributed by atoms with Crippen molar-refractivity contribution in [2.24, 2.45) is 5.92 Å². The van der Waals surface area contributed by atoms with Gasteiger partial charge < -0.3 is 15.0 Å². The predicted molar refractivity (Wildman–Crippen MR) is 134 cm³/mol. The van der Waals surface area contributed by atoms with Crippen molar-refractivity contribution in [1.82, 2.24) is 9.88 Å². The first-order valence-electron chi connectivity index (χ1n) is 11.6. The molecule has 1 aliphatic rings. The highest BCUT2D eigenvalue weighted by Crippen LogP contribution is 2.38. The normalized spacial score (nSPS) is 15.0. The van der Waals surface area contributed by atoms with Crippen LogP contribution in [0.4, 0.5) is 0 Å². The molecule has 178 valence electrons. The van der Waals surface area contributed by atoms with Gasteiger partial charge in [0.05, 0.1) is 12.5 Å². The molecule has 0 aliphatic heterocycles.